The Bertz CT molecular complexity index is 1200. The molecule has 2 heterocycles. The zero-order chi connectivity index (χ0) is 24.6. The van der Waals surface area contributed by atoms with Crippen molar-refractivity contribution in [3.63, 3.8) is 0 Å². The lowest BCUT2D eigenvalue weighted by Gasteiger charge is -2.21. The SMILES string of the molecule is CCOC(=O)C1=NN(C(=O)Nc2ccccc2)[C@H]2C(=O)N(c3cccc(C(F)(F)F)c3)C(=O)[C@@H]12. The summed E-state index contributed by atoms with van der Waals surface area (Å²) in [6.07, 6.45) is -4.71. The summed E-state index contributed by atoms with van der Waals surface area (Å²) in [7, 11) is 0. The number of amides is 4. The number of anilines is 2. The molecule has 1 N–H and O–H groups in total. The van der Waals surface area contributed by atoms with Crippen molar-refractivity contribution in [2.45, 2.75) is 19.1 Å². The van der Waals surface area contributed by atoms with Gasteiger partial charge < -0.3 is 10.1 Å². The highest BCUT2D eigenvalue weighted by atomic mass is 19.4. The molecule has 1 saturated heterocycles. The van der Waals surface area contributed by atoms with E-state index in [1.54, 1.807) is 30.3 Å². The minimum atomic E-state index is -4.71. The van der Waals surface area contributed by atoms with Crippen molar-refractivity contribution in [3.8, 4) is 0 Å². The lowest BCUT2D eigenvalue weighted by atomic mass is 9.98. The highest BCUT2D eigenvalue weighted by Crippen LogP contribution is 2.38. The first-order chi connectivity index (χ1) is 16.1. The number of esters is 1. The van der Waals surface area contributed by atoms with Crippen LogP contribution in [-0.4, -0.2) is 47.2 Å². The van der Waals surface area contributed by atoms with Gasteiger partial charge in [-0.25, -0.2) is 19.5 Å². The maximum absolute atomic E-state index is 13.2. The van der Waals surface area contributed by atoms with Crippen LogP contribution < -0.4 is 10.2 Å². The molecular formula is C22H17F3N4O5. The standard InChI is InChI=1S/C22H17F3N4O5/c1-2-34-20(32)16-15-17(29(27-16)21(33)26-13-8-4-3-5-9-13)19(31)28(18(15)30)14-10-6-7-12(11-14)22(23,24)25/h3-11,15,17H,2H2,1H3,(H,26,33)/t15-,17+/m0/s1. The first kappa shape index (κ1) is 23.0. The van der Waals surface area contributed by atoms with Gasteiger partial charge in [-0.05, 0) is 37.3 Å². The molecule has 176 valence electrons. The number of imide groups is 1. The zero-order valence-electron chi connectivity index (χ0n) is 17.6. The van der Waals surface area contributed by atoms with Crippen LogP contribution >= 0.6 is 0 Å². The third-order valence-corrected chi connectivity index (χ3v) is 5.20. The fraction of sp³-hybridized carbons (Fsp3) is 0.227. The Morgan fingerprint density at radius 1 is 1.06 bits per heavy atom. The van der Waals surface area contributed by atoms with E-state index in [9.17, 15) is 32.3 Å². The number of hydrogen-bond acceptors (Lipinski definition) is 6. The monoisotopic (exact) mass is 474 g/mol. The lowest BCUT2D eigenvalue weighted by molar-refractivity contribution is -0.137. The Kier molecular flexibility index (Phi) is 5.82. The molecule has 4 rings (SSSR count). The van der Waals surface area contributed by atoms with Gasteiger partial charge in [0.15, 0.2) is 11.8 Å². The number of rotatable bonds is 4. The normalized spacial score (nSPS) is 19.7. The molecule has 2 aromatic carbocycles. The summed E-state index contributed by atoms with van der Waals surface area (Å²) in [5, 5.41) is 7.04. The summed E-state index contributed by atoms with van der Waals surface area (Å²) in [5.74, 6) is -4.53. The quantitative estimate of drug-likeness (QED) is 0.541. The number of urea groups is 1. The van der Waals surface area contributed by atoms with Crippen molar-refractivity contribution in [1.82, 2.24) is 5.01 Å². The molecule has 9 nitrogen and oxygen atoms in total. The first-order valence-electron chi connectivity index (χ1n) is 10.1. The molecule has 2 aliphatic rings. The number of carbonyl (C=O) groups is 4. The Balaban J connectivity index is 1.72. The van der Waals surface area contributed by atoms with Gasteiger partial charge in [-0.2, -0.15) is 18.3 Å². The summed E-state index contributed by atoms with van der Waals surface area (Å²) < 4.78 is 44.4. The van der Waals surface area contributed by atoms with Crippen LogP contribution in [0.3, 0.4) is 0 Å². The summed E-state index contributed by atoms with van der Waals surface area (Å²) in [5.41, 5.74) is -1.54. The molecular weight excluding hydrogens is 457 g/mol. The second kappa shape index (κ2) is 8.61. The molecule has 0 saturated carbocycles. The Labute approximate surface area is 190 Å². The minimum Gasteiger partial charge on any atom is -0.461 e. The van der Waals surface area contributed by atoms with Crippen LogP contribution in [0.1, 0.15) is 12.5 Å². The van der Waals surface area contributed by atoms with Crippen LogP contribution in [0, 0.1) is 5.92 Å². The zero-order valence-corrected chi connectivity index (χ0v) is 17.6. The Hall–Kier alpha value is -4.22. The van der Waals surface area contributed by atoms with Crippen molar-refractivity contribution in [1.29, 1.82) is 0 Å². The third kappa shape index (κ3) is 3.98. The largest absolute Gasteiger partial charge is 0.461 e. The van der Waals surface area contributed by atoms with Gasteiger partial charge in [-0.1, -0.05) is 24.3 Å². The average Bonchev–Trinajstić information content (AvgIpc) is 3.31. The molecule has 0 radical (unpaired) electrons. The van der Waals surface area contributed by atoms with E-state index >= 15 is 0 Å². The molecule has 0 bridgehead atoms. The van der Waals surface area contributed by atoms with Gasteiger partial charge in [-0.15, -0.1) is 0 Å². The van der Waals surface area contributed by atoms with Crippen molar-refractivity contribution in [2.75, 3.05) is 16.8 Å². The second-order valence-corrected chi connectivity index (χ2v) is 7.33. The van der Waals surface area contributed by atoms with Gasteiger partial charge in [0, 0.05) is 5.69 Å². The number of benzene rings is 2. The third-order valence-electron chi connectivity index (χ3n) is 5.20. The molecule has 12 heteroatoms. The highest BCUT2D eigenvalue weighted by molar-refractivity contribution is 6.47. The summed E-state index contributed by atoms with van der Waals surface area (Å²) in [4.78, 5) is 52.3. The van der Waals surface area contributed by atoms with E-state index < -0.39 is 53.2 Å². The van der Waals surface area contributed by atoms with Crippen molar-refractivity contribution >= 4 is 40.9 Å². The number of hydrazone groups is 1. The van der Waals surface area contributed by atoms with E-state index in [2.05, 4.69) is 10.4 Å². The van der Waals surface area contributed by atoms with E-state index in [0.717, 1.165) is 18.2 Å². The van der Waals surface area contributed by atoms with Gasteiger partial charge in [0.2, 0.25) is 5.91 Å². The van der Waals surface area contributed by atoms with E-state index in [1.807, 2.05) is 0 Å². The number of fused-ring (bicyclic) bond motifs is 1. The van der Waals surface area contributed by atoms with Crippen LogP contribution in [-0.2, 0) is 25.3 Å². The van der Waals surface area contributed by atoms with Gasteiger partial charge in [0.05, 0.1) is 17.9 Å². The number of carbonyl (C=O) groups excluding carboxylic acids is 4. The fourth-order valence-corrected chi connectivity index (χ4v) is 3.73. The lowest BCUT2D eigenvalue weighted by Crippen LogP contribution is -2.44. The minimum absolute atomic E-state index is 0.0646. The van der Waals surface area contributed by atoms with Crippen molar-refractivity contribution in [2.24, 2.45) is 11.0 Å². The topological polar surface area (TPSA) is 108 Å². The summed E-state index contributed by atoms with van der Waals surface area (Å²) >= 11 is 0. The van der Waals surface area contributed by atoms with E-state index in [-0.39, 0.29) is 12.3 Å². The van der Waals surface area contributed by atoms with Crippen LogP contribution in [0.5, 0.6) is 0 Å². The van der Waals surface area contributed by atoms with Gasteiger partial charge in [0.1, 0.15) is 5.92 Å². The number of hydrogen-bond donors (Lipinski definition) is 1. The second-order valence-electron chi connectivity index (χ2n) is 7.33. The van der Waals surface area contributed by atoms with E-state index in [1.165, 1.54) is 6.92 Å². The molecule has 0 unspecified atom stereocenters. The van der Waals surface area contributed by atoms with Crippen LogP contribution in [0.25, 0.3) is 0 Å². The highest BCUT2D eigenvalue weighted by Gasteiger charge is 2.60. The molecule has 0 spiro atoms. The van der Waals surface area contributed by atoms with Gasteiger partial charge in [0.25, 0.3) is 5.91 Å². The average molecular weight is 474 g/mol. The van der Waals surface area contributed by atoms with Crippen molar-refractivity contribution < 1.29 is 37.1 Å². The van der Waals surface area contributed by atoms with Crippen LogP contribution in [0.4, 0.5) is 29.3 Å². The number of halogens is 3. The number of ether oxygens (including phenoxy) is 1. The number of alkyl halides is 3. The smallest absolute Gasteiger partial charge is 0.416 e. The molecule has 0 aromatic heterocycles. The first-order valence-corrected chi connectivity index (χ1v) is 10.1. The van der Waals surface area contributed by atoms with E-state index in [0.29, 0.717) is 21.7 Å². The van der Waals surface area contributed by atoms with Gasteiger partial charge >= 0.3 is 18.2 Å². The fourth-order valence-electron chi connectivity index (χ4n) is 3.73. The van der Waals surface area contributed by atoms with E-state index in [4.69, 9.17) is 4.74 Å². The molecule has 4 amide bonds. The molecule has 1 fully saturated rings. The van der Waals surface area contributed by atoms with Crippen LogP contribution in [0.2, 0.25) is 0 Å². The summed E-state index contributed by atoms with van der Waals surface area (Å²) in [6, 6.07) is 9.31. The number of para-hydroxylation sites is 1. The van der Waals surface area contributed by atoms with Gasteiger partial charge in [-0.3, -0.25) is 9.59 Å². The maximum atomic E-state index is 13.2. The molecule has 34 heavy (non-hydrogen) atoms. The Morgan fingerprint density at radius 2 is 1.76 bits per heavy atom. The summed E-state index contributed by atoms with van der Waals surface area (Å²) in [6.45, 7) is 1.45. The maximum Gasteiger partial charge on any atom is 0.416 e. The molecule has 2 aliphatic heterocycles. The molecule has 0 aliphatic carbocycles. The predicted molar refractivity (Wildman–Crippen MR) is 113 cm³/mol. The number of nitrogens with zero attached hydrogens (tertiary/aromatic N) is 3. The number of nitrogens with one attached hydrogen (secondary N) is 1. The molecule has 2 atom stereocenters. The Morgan fingerprint density at radius 3 is 2.41 bits per heavy atom. The van der Waals surface area contributed by atoms with Crippen LogP contribution in [0.15, 0.2) is 59.7 Å². The predicted octanol–water partition coefficient (Wildman–Crippen LogP) is 3.03. The molecule has 2 aromatic rings. The van der Waals surface area contributed by atoms with Crippen molar-refractivity contribution in [3.05, 3.63) is 60.2 Å².